The van der Waals surface area contributed by atoms with Gasteiger partial charge in [-0.25, -0.2) is 0 Å². The maximum atomic E-state index is 12.2. The SMILES string of the molecule is CCNC(=O)C(C)(C)CN=C(NCC)NC1CCN(Cc2ccccc2)CC1. The Balaban J connectivity index is 1.84. The lowest BCUT2D eigenvalue weighted by molar-refractivity contribution is -0.128. The lowest BCUT2D eigenvalue weighted by Crippen LogP contribution is -2.49. The van der Waals surface area contributed by atoms with E-state index in [0.717, 1.165) is 45.0 Å². The number of hydrogen-bond acceptors (Lipinski definition) is 3. The predicted molar refractivity (Wildman–Crippen MR) is 116 cm³/mol. The fraction of sp³-hybridized carbons (Fsp3) is 0.636. The quantitative estimate of drug-likeness (QED) is 0.473. The van der Waals surface area contributed by atoms with Crippen molar-refractivity contribution in [1.29, 1.82) is 0 Å². The summed E-state index contributed by atoms with van der Waals surface area (Å²) in [4.78, 5) is 19.4. The van der Waals surface area contributed by atoms with Crippen LogP contribution in [0.1, 0.15) is 46.1 Å². The summed E-state index contributed by atoms with van der Waals surface area (Å²) >= 11 is 0. The Morgan fingerprint density at radius 2 is 1.75 bits per heavy atom. The lowest BCUT2D eigenvalue weighted by atomic mass is 9.92. The first-order valence-corrected chi connectivity index (χ1v) is 10.5. The molecule has 0 aromatic heterocycles. The molecule has 1 saturated heterocycles. The first kappa shape index (κ1) is 22.2. The summed E-state index contributed by atoms with van der Waals surface area (Å²) in [6.07, 6.45) is 2.19. The minimum absolute atomic E-state index is 0.0452. The molecule has 6 heteroatoms. The molecule has 156 valence electrons. The summed E-state index contributed by atoms with van der Waals surface area (Å²) < 4.78 is 0. The van der Waals surface area contributed by atoms with E-state index in [9.17, 15) is 4.79 Å². The Hall–Kier alpha value is -2.08. The van der Waals surface area contributed by atoms with Crippen molar-refractivity contribution in [2.45, 2.75) is 53.1 Å². The number of likely N-dealkylation sites (tertiary alicyclic amines) is 1. The van der Waals surface area contributed by atoms with Crippen LogP contribution in [0.2, 0.25) is 0 Å². The van der Waals surface area contributed by atoms with Crippen molar-refractivity contribution in [3.05, 3.63) is 35.9 Å². The standard InChI is InChI=1S/C22H37N5O/c1-5-23-20(28)22(3,4)17-25-21(24-6-2)26-19-12-14-27(15-13-19)16-18-10-8-7-9-11-18/h7-11,19H,5-6,12-17H2,1-4H3,(H,23,28)(H2,24,25,26). The van der Waals surface area contributed by atoms with Crippen LogP contribution < -0.4 is 16.0 Å². The molecule has 1 aliphatic heterocycles. The highest BCUT2D eigenvalue weighted by atomic mass is 16.2. The van der Waals surface area contributed by atoms with Gasteiger partial charge in [0.2, 0.25) is 5.91 Å². The number of benzene rings is 1. The number of amides is 1. The van der Waals surface area contributed by atoms with Crippen molar-refractivity contribution in [1.82, 2.24) is 20.9 Å². The predicted octanol–water partition coefficient (Wildman–Crippen LogP) is 2.37. The molecule has 0 atom stereocenters. The van der Waals surface area contributed by atoms with Crippen LogP contribution in [0.5, 0.6) is 0 Å². The second kappa shape index (κ2) is 11.1. The van der Waals surface area contributed by atoms with E-state index in [0.29, 0.717) is 19.1 Å². The highest BCUT2D eigenvalue weighted by Gasteiger charge is 2.27. The van der Waals surface area contributed by atoms with E-state index in [2.05, 4.69) is 63.1 Å². The second-order valence-electron chi connectivity index (χ2n) is 8.12. The fourth-order valence-corrected chi connectivity index (χ4v) is 3.34. The molecule has 0 bridgehead atoms. The van der Waals surface area contributed by atoms with Gasteiger partial charge in [0.15, 0.2) is 5.96 Å². The van der Waals surface area contributed by atoms with Gasteiger partial charge >= 0.3 is 0 Å². The molecule has 6 nitrogen and oxygen atoms in total. The summed E-state index contributed by atoms with van der Waals surface area (Å²) in [5, 5.41) is 9.78. The molecule has 1 amide bonds. The largest absolute Gasteiger partial charge is 0.357 e. The monoisotopic (exact) mass is 387 g/mol. The van der Waals surface area contributed by atoms with Gasteiger partial charge in [0.1, 0.15) is 0 Å². The van der Waals surface area contributed by atoms with Gasteiger partial charge in [-0.05, 0) is 46.1 Å². The molecule has 2 rings (SSSR count). The van der Waals surface area contributed by atoms with Gasteiger partial charge in [-0.2, -0.15) is 0 Å². The van der Waals surface area contributed by atoms with Gasteiger partial charge in [0.25, 0.3) is 0 Å². The fourth-order valence-electron chi connectivity index (χ4n) is 3.34. The molecule has 1 heterocycles. The third kappa shape index (κ3) is 7.15. The Bertz CT molecular complexity index is 621. The number of nitrogens with one attached hydrogen (secondary N) is 3. The zero-order chi connectivity index (χ0) is 20.4. The van der Waals surface area contributed by atoms with Gasteiger partial charge < -0.3 is 16.0 Å². The number of aliphatic imine (C=N–C) groups is 1. The highest BCUT2D eigenvalue weighted by Crippen LogP contribution is 2.16. The minimum Gasteiger partial charge on any atom is -0.357 e. The Labute approximate surface area is 170 Å². The zero-order valence-corrected chi connectivity index (χ0v) is 17.9. The number of hydrogen-bond donors (Lipinski definition) is 3. The van der Waals surface area contributed by atoms with Gasteiger partial charge in [-0.3, -0.25) is 14.7 Å². The molecule has 3 N–H and O–H groups in total. The van der Waals surface area contributed by atoms with E-state index in [1.54, 1.807) is 0 Å². The molecule has 1 aliphatic rings. The zero-order valence-electron chi connectivity index (χ0n) is 17.9. The van der Waals surface area contributed by atoms with E-state index in [-0.39, 0.29) is 5.91 Å². The van der Waals surface area contributed by atoms with Crippen LogP contribution in [0.4, 0.5) is 0 Å². The molecule has 0 unspecified atom stereocenters. The third-order valence-corrected chi connectivity index (χ3v) is 5.11. The first-order chi connectivity index (χ1) is 13.4. The third-order valence-electron chi connectivity index (χ3n) is 5.11. The number of piperidine rings is 1. The van der Waals surface area contributed by atoms with Crippen molar-refractivity contribution < 1.29 is 4.79 Å². The van der Waals surface area contributed by atoms with E-state index >= 15 is 0 Å². The number of guanidine groups is 1. The molecule has 0 saturated carbocycles. The molecule has 28 heavy (non-hydrogen) atoms. The van der Waals surface area contributed by atoms with Crippen molar-refractivity contribution >= 4 is 11.9 Å². The van der Waals surface area contributed by atoms with Crippen LogP contribution in [0, 0.1) is 5.41 Å². The number of carbonyl (C=O) groups excluding carboxylic acids is 1. The smallest absolute Gasteiger partial charge is 0.227 e. The summed E-state index contributed by atoms with van der Waals surface area (Å²) in [6.45, 7) is 13.0. The van der Waals surface area contributed by atoms with Crippen LogP contribution in [0.3, 0.4) is 0 Å². The van der Waals surface area contributed by atoms with Gasteiger partial charge in [0.05, 0.1) is 12.0 Å². The van der Waals surface area contributed by atoms with Crippen LogP contribution in [-0.4, -0.2) is 55.5 Å². The number of rotatable bonds is 8. The summed E-state index contributed by atoms with van der Waals surface area (Å²) in [7, 11) is 0. The summed E-state index contributed by atoms with van der Waals surface area (Å²) in [6, 6.07) is 11.1. The molecule has 1 fully saturated rings. The topological polar surface area (TPSA) is 68.8 Å². The van der Waals surface area contributed by atoms with Crippen LogP contribution in [0.15, 0.2) is 35.3 Å². The Morgan fingerprint density at radius 3 is 2.36 bits per heavy atom. The molecule has 0 aliphatic carbocycles. The van der Waals surface area contributed by atoms with E-state index < -0.39 is 5.41 Å². The van der Waals surface area contributed by atoms with Crippen molar-refractivity contribution in [2.75, 3.05) is 32.7 Å². The van der Waals surface area contributed by atoms with Crippen molar-refractivity contribution in [2.24, 2.45) is 10.4 Å². The van der Waals surface area contributed by atoms with Gasteiger partial charge in [-0.15, -0.1) is 0 Å². The molecular weight excluding hydrogens is 350 g/mol. The maximum Gasteiger partial charge on any atom is 0.227 e. The Morgan fingerprint density at radius 1 is 1.11 bits per heavy atom. The molecular formula is C22H37N5O. The van der Waals surface area contributed by atoms with E-state index in [4.69, 9.17) is 0 Å². The lowest BCUT2D eigenvalue weighted by Gasteiger charge is -2.33. The minimum atomic E-state index is -0.516. The van der Waals surface area contributed by atoms with E-state index in [1.807, 2.05) is 20.8 Å². The summed E-state index contributed by atoms with van der Waals surface area (Å²) in [5.74, 6) is 0.852. The average Bonchev–Trinajstić information content (AvgIpc) is 2.69. The maximum absolute atomic E-state index is 12.2. The molecule has 0 spiro atoms. The average molecular weight is 388 g/mol. The second-order valence-corrected chi connectivity index (χ2v) is 8.12. The van der Waals surface area contributed by atoms with Crippen LogP contribution in [0.25, 0.3) is 0 Å². The summed E-state index contributed by atoms with van der Waals surface area (Å²) in [5.41, 5.74) is 0.855. The number of nitrogens with zero attached hydrogens (tertiary/aromatic N) is 2. The highest BCUT2D eigenvalue weighted by molar-refractivity contribution is 5.83. The van der Waals surface area contributed by atoms with Gasteiger partial charge in [0, 0.05) is 38.8 Å². The first-order valence-electron chi connectivity index (χ1n) is 10.5. The number of carbonyl (C=O) groups is 1. The normalized spacial score (nSPS) is 16.6. The Kier molecular flexibility index (Phi) is 8.77. The van der Waals surface area contributed by atoms with Gasteiger partial charge in [-0.1, -0.05) is 30.3 Å². The molecule has 1 aromatic rings. The van der Waals surface area contributed by atoms with Crippen LogP contribution >= 0.6 is 0 Å². The van der Waals surface area contributed by atoms with Crippen molar-refractivity contribution in [3.63, 3.8) is 0 Å². The van der Waals surface area contributed by atoms with E-state index in [1.165, 1.54) is 5.56 Å². The molecule has 0 radical (unpaired) electrons. The van der Waals surface area contributed by atoms with Crippen molar-refractivity contribution in [3.8, 4) is 0 Å². The van der Waals surface area contributed by atoms with Crippen LogP contribution in [-0.2, 0) is 11.3 Å². The molecule has 1 aromatic carbocycles.